The van der Waals surface area contributed by atoms with Crippen molar-refractivity contribution < 1.29 is 13.9 Å². The largest absolute Gasteiger partial charge is 0.494 e. The van der Waals surface area contributed by atoms with Crippen LogP contribution >= 0.6 is 34.8 Å². The standard InChI is InChI=1S/C22H15Cl3N2O3/c1-11-3-6-19-18(7-11)27-22(30-19)12-4-5-14(23)17(10-12)26-21(28)13-8-15(24)20(29-2)16(25)9-13/h3-10H,1-2H3,(H,26,28). The van der Waals surface area contributed by atoms with E-state index in [0.29, 0.717) is 33.5 Å². The van der Waals surface area contributed by atoms with Gasteiger partial charge in [0.15, 0.2) is 11.3 Å². The number of oxazole rings is 1. The number of fused-ring (bicyclic) bond motifs is 1. The normalized spacial score (nSPS) is 11.0. The Morgan fingerprint density at radius 1 is 1.00 bits per heavy atom. The van der Waals surface area contributed by atoms with Crippen molar-refractivity contribution in [2.75, 3.05) is 12.4 Å². The number of hydrogen-bond acceptors (Lipinski definition) is 4. The number of nitrogens with one attached hydrogen (secondary N) is 1. The summed E-state index contributed by atoms with van der Waals surface area (Å²) in [4.78, 5) is 17.3. The molecule has 4 aromatic rings. The van der Waals surface area contributed by atoms with Crippen molar-refractivity contribution in [3.63, 3.8) is 0 Å². The van der Waals surface area contributed by atoms with Crippen LogP contribution in [0.25, 0.3) is 22.6 Å². The average Bonchev–Trinajstić information content (AvgIpc) is 3.12. The second kappa shape index (κ2) is 8.19. The van der Waals surface area contributed by atoms with Gasteiger partial charge in [0.1, 0.15) is 5.52 Å². The fraction of sp³-hybridized carbons (Fsp3) is 0.0909. The van der Waals surface area contributed by atoms with Gasteiger partial charge in [0, 0.05) is 11.1 Å². The molecule has 0 spiro atoms. The molecule has 0 atom stereocenters. The predicted octanol–water partition coefficient (Wildman–Crippen LogP) is 7.02. The molecule has 0 aliphatic rings. The maximum atomic E-state index is 12.7. The van der Waals surface area contributed by atoms with Gasteiger partial charge in [-0.05, 0) is 55.0 Å². The number of hydrogen-bond donors (Lipinski definition) is 1. The third kappa shape index (κ3) is 3.97. The zero-order valence-electron chi connectivity index (χ0n) is 15.9. The van der Waals surface area contributed by atoms with Crippen LogP contribution in [0, 0.1) is 6.92 Å². The first kappa shape index (κ1) is 20.5. The van der Waals surface area contributed by atoms with Crippen LogP contribution in [0.15, 0.2) is 52.9 Å². The van der Waals surface area contributed by atoms with Crippen LogP contribution in [0.1, 0.15) is 15.9 Å². The van der Waals surface area contributed by atoms with Crippen molar-refractivity contribution in [2.24, 2.45) is 0 Å². The number of amides is 1. The van der Waals surface area contributed by atoms with Gasteiger partial charge in [-0.2, -0.15) is 0 Å². The number of halogens is 3. The lowest BCUT2D eigenvalue weighted by Crippen LogP contribution is -2.12. The van der Waals surface area contributed by atoms with E-state index in [1.54, 1.807) is 18.2 Å². The highest BCUT2D eigenvalue weighted by Crippen LogP contribution is 2.35. The van der Waals surface area contributed by atoms with Crippen LogP contribution < -0.4 is 10.1 Å². The van der Waals surface area contributed by atoms with E-state index < -0.39 is 5.91 Å². The number of aromatic nitrogens is 1. The summed E-state index contributed by atoms with van der Waals surface area (Å²) in [6, 6.07) is 13.9. The van der Waals surface area contributed by atoms with Gasteiger partial charge in [-0.15, -0.1) is 0 Å². The number of ether oxygens (including phenoxy) is 1. The van der Waals surface area contributed by atoms with Crippen molar-refractivity contribution in [3.8, 4) is 17.2 Å². The summed E-state index contributed by atoms with van der Waals surface area (Å²) < 4.78 is 10.9. The van der Waals surface area contributed by atoms with E-state index in [9.17, 15) is 4.79 Å². The lowest BCUT2D eigenvalue weighted by atomic mass is 10.1. The zero-order valence-corrected chi connectivity index (χ0v) is 18.2. The van der Waals surface area contributed by atoms with Gasteiger partial charge < -0.3 is 14.5 Å². The minimum absolute atomic E-state index is 0.233. The number of carbonyl (C=O) groups is 1. The van der Waals surface area contributed by atoms with Crippen LogP contribution in [-0.4, -0.2) is 18.0 Å². The topological polar surface area (TPSA) is 64.4 Å². The third-order valence-electron chi connectivity index (χ3n) is 4.47. The molecule has 1 aromatic heterocycles. The monoisotopic (exact) mass is 460 g/mol. The molecule has 1 heterocycles. The number of benzene rings is 3. The van der Waals surface area contributed by atoms with Crippen LogP contribution in [0.4, 0.5) is 5.69 Å². The highest BCUT2D eigenvalue weighted by atomic mass is 35.5. The molecule has 152 valence electrons. The summed E-state index contributed by atoms with van der Waals surface area (Å²) in [5.41, 5.74) is 3.87. The van der Waals surface area contributed by atoms with Crippen molar-refractivity contribution in [2.45, 2.75) is 6.92 Å². The average molecular weight is 462 g/mol. The summed E-state index contributed by atoms with van der Waals surface area (Å²) in [7, 11) is 1.45. The fourth-order valence-electron chi connectivity index (χ4n) is 3.00. The lowest BCUT2D eigenvalue weighted by Gasteiger charge is -2.11. The molecule has 0 saturated carbocycles. The van der Waals surface area contributed by atoms with Crippen LogP contribution in [-0.2, 0) is 0 Å². The Labute approximate surface area is 187 Å². The smallest absolute Gasteiger partial charge is 0.255 e. The van der Waals surface area contributed by atoms with Crippen molar-refractivity contribution in [3.05, 3.63) is 74.7 Å². The number of aryl methyl sites for hydroxylation is 1. The van der Waals surface area contributed by atoms with E-state index in [1.807, 2.05) is 25.1 Å². The number of nitrogens with zero attached hydrogens (tertiary/aromatic N) is 1. The number of methoxy groups -OCH3 is 1. The van der Waals surface area contributed by atoms with Crippen molar-refractivity contribution >= 4 is 57.5 Å². The van der Waals surface area contributed by atoms with Crippen LogP contribution in [0.5, 0.6) is 5.75 Å². The van der Waals surface area contributed by atoms with Gasteiger partial charge in [0.2, 0.25) is 5.89 Å². The predicted molar refractivity (Wildman–Crippen MR) is 120 cm³/mol. The quantitative estimate of drug-likeness (QED) is 0.354. The second-order valence-electron chi connectivity index (χ2n) is 6.61. The molecule has 0 aliphatic carbocycles. The maximum Gasteiger partial charge on any atom is 0.255 e. The molecule has 5 nitrogen and oxygen atoms in total. The molecule has 1 amide bonds. The van der Waals surface area contributed by atoms with Gasteiger partial charge in [0.05, 0.1) is 27.9 Å². The summed E-state index contributed by atoms with van der Waals surface area (Å²) >= 11 is 18.6. The fourth-order valence-corrected chi connectivity index (χ4v) is 3.80. The Morgan fingerprint density at radius 2 is 1.73 bits per heavy atom. The molecule has 4 rings (SSSR count). The highest BCUT2D eigenvalue weighted by Gasteiger charge is 2.16. The first-order valence-corrected chi connectivity index (χ1v) is 10.0. The molecule has 0 aliphatic heterocycles. The van der Waals surface area contributed by atoms with E-state index in [0.717, 1.165) is 11.1 Å². The molecule has 0 unspecified atom stereocenters. The van der Waals surface area contributed by atoms with E-state index in [2.05, 4.69) is 10.3 Å². The molecule has 1 N–H and O–H groups in total. The van der Waals surface area contributed by atoms with Gasteiger partial charge in [-0.1, -0.05) is 40.9 Å². The molecule has 0 bridgehead atoms. The Kier molecular flexibility index (Phi) is 5.60. The van der Waals surface area contributed by atoms with E-state index in [1.165, 1.54) is 19.2 Å². The minimum atomic E-state index is -0.423. The minimum Gasteiger partial charge on any atom is -0.494 e. The summed E-state index contributed by atoms with van der Waals surface area (Å²) in [5.74, 6) is 0.313. The van der Waals surface area contributed by atoms with Crippen molar-refractivity contribution in [1.29, 1.82) is 0 Å². The van der Waals surface area contributed by atoms with Crippen LogP contribution in [0.2, 0.25) is 15.1 Å². The van der Waals surface area contributed by atoms with Gasteiger partial charge in [0.25, 0.3) is 5.91 Å². The van der Waals surface area contributed by atoms with Crippen molar-refractivity contribution in [1.82, 2.24) is 4.98 Å². The molecule has 3 aromatic carbocycles. The lowest BCUT2D eigenvalue weighted by molar-refractivity contribution is 0.102. The first-order chi connectivity index (χ1) is 14.4. The maximum absolute atomic E-state index is 12.7. The van der Waals surface area contributed by atoms with E-state index in [4.69, 9.17) is 44.0 Å². The molecule has 0 radical (unpaired) electrons. The third-order valence-corrected chi connectivity index (χ3v) is 5.36. The van der Waals surface area contributed by atoms with E-state index >= 15 is 0 Å². The molecule has 0 fully saturated rings. The molecule has 8 heteroatoms. The zero-order chi connectivity index (χ0) is 21.4. The van der Waals surface area contributed by atoms with Gasteiger partial charge in [-0.3, -0.25) is 4.79 Å². The van der Waals surface area contributed by atoms with Gasteiger partial charge >= 0.3 is 0 Å². The number of carbonyl (C=O) groups excluding carboxylic acids is 1. The summed E-state index contributed by atoms with van der Waals surface area (Å²) in [6.45, 7) is 1.99. The second-order valence-corrected chi connectivity index (χ2v) is 7.83. The Bertz CT molecular complexity index is 1260. The first-order valence-electron chi connectivity index (χ1n) is 8.87. The van der Waals surface area contributed by atoms with E-state index in [-0.39, 0.29) is 15.6 Å². The molecule has 30 heavy (non-hydrogen) atoms. The number of anilines is 1. The molecule has 0 saturated heterocycles. The SMILES string of the molecule is COc1c(Cl)cc(C(=O)Nc2cc(-c3nc4cc(C)ccc4o3)ccc2Cl)cc1Cl. The van der Waals surface area contributed by atoms with Gasteiger partial charge in [-0.25, -0.2) is 4.98 Å². The summed E-state index contributed by atoms with van der Waals surface area (Å²) in [6.07, 6.45) is 0. The summed E-state index contributed by atoms with van der Waals surface area (Å²) in [5, 5.41) is 3.60. The molecular formula is C22H15Cl3N2O3. The Balaban J connectivity index is 1.65. The van der Waals surface area contributed by atoms with Crippen LogP contribution in [0.3, 0.4) is 0 Å². The highest BCUT2D eigenvalue weighted by molar-refractivity contribution is 6.38. The number of rotatable bonds is 4. The Hall–Kier alpha value is -2.73. The Morgan fingerprint density at radius 3 is 2.43 bits per heavy atom. The molecular weight excluding hydrogens is 447 g/mol.